The van der Waals surface area contributed by atoms with Crippen molar-refractivity contribution in [2.45, 2.75) is 95.9 Å². The maximum atomic E-state index is 13.3. The Kier molecular flexibility index (Phi) is 11.3. The molecular formula is C43H50N4O5. The largest absolute Gasteiger partial charge is 0.445 e. The number of pyridine rings is 1. The summed E-state index contributed by atoms with van der Waals surface area (Å²) in [5.74, 6) is 0.202. The smallest absolute Gasteiger partial charge is 0.410 e. The first-order valence-electron chi connectivity index (χ1n) is 18.4. The predicted molar refractivity (Wildman–Crippen MR) is 203 cm³/mol. The van der Waals surface area contributed by atoms with Crippen LogP contribution in [0.2, 0.25) is 0 Å². The van der Waals surface area contributed by atoms with Crippen molar-refractivity contribution >= 4 is 23.8 Å². The van der Waals surface area contributed by atoms with Crippen LogP contribution in [0.5, 0.6) is 0 Å². The van der Waals surface area contributed by atoms with Gasteiger partial charge in [0.1, 0.15) is 12.2 Å². The molecule has 6 rings (SSSR count). The van der Waals surface area contributed by atoms with Gasteiger partial charge in [-0.25, -0.2) is 9.59 Å². The number of ether oxygens (including phenoxy) is 2. The van der Waals surface area contributed by atoms with Crippen LogP contribution in [-0.4, -0.2) is 46.7 Å². The number of aromatic nitrogens is 1. The fourth-order valence-electron chi connectivity index (χ4n) is 7.24. The summed E-state index contributed by atoms with van der Waals surface area (Å²) in [7, 11) is 1.80. The molecule has 272 valence electrons. The van der Waals surface area contributed by atoms with Crippen molar-refractivity contribution in [2.24, 2.45) is 5.92 Å². The summed E-state index contributed by atoms with van der Waals surface area (Å²) in [6.07, 6.45) is 7.57. The van der Waals surface area contributed by atoms with Gasteiger partial charge in [-0.3, -0.25) is 9.78 Å². The fraction of sp³-hybridized carbons (Fsp3) is 0.395. The molecule has 3 amide bonds. The number of anilines is 1. The normalized spacial score (nSPS) is 18.0. The number of hydrogen-bond donors (Lipinski definition) is 2. The zero-order valence-corrected chi connectivity index (χ0v) is 30.7. The third-order valence-corrected chi connectivity index (χ3v) is 10.2. The molecule has 4 aromatic rings. The molecule has 3 aromatic carbocycles. The lowest BCUT2D eigenvalue weighted by molar-refractivity contribution is -0.117. The van der Waals surface area contributed by atoms with Crippen LogP contribution in [0.15, 0.2) is 97.2 Å². The molecule has 0 unspecified atom stereocenters. The van der Waals surface area contributed by atoms with E-state index in [-0.39, 0.29) is 30.6 Å². The van der Waals surface area contributed by atoms with Crippen LogP contribution in [0.3, 0.4) is 0 Å². The van der Waals surface area contributed by atoms with E-state index in [1.165, 1.54) is 0 Å². The van der Waals surface area contributed by atoms with Crippen LogP contribution in [0.4, 0.5) is 15.3 Å². The Morgan fingerprint density at radius 1 is 0.865 bits per heavy atom. The number of amides is 3. The molecule has 1 aromatic heterocycles. The van der Waals surface area contributed by atoms with Crippen LogP contribution in [0.25, 0.3) is 22.4 Å². The molecule has 1 heterocycles. The zero-order valence-electron chi connectivity index (χ0n) is 30.7. The zero-order chi connectivity index (χ0) is 36.7. The van der Waals surface area contributed by atoms with E-state index in [1.807, 2.05) is 87.5 Å². The molecule has 2 N–H and O–H groups in total. The van der Waals surface area contributed by atoms with Crippen LogP contribution in [-0.2, 0) is 26.4 Å². The third-order valence-electron chi connectivity index (χ3n) is 10.2. The number of hydrogen-bond acceptors (Lipinski definition) is 6. The highest BCUT2D eigenvalue weighted by Gasteiger charge is 2.41. The van der Waals surface area contributed by atoms with E-state index in [0.29, 0.717) is 12.1 Å². The second kappa shape index (κ2) is 16.0. The van der Waals surface area contributed by atoms with Gasteiger partial charge in [-0.15, -0.1) is 0 Å². The van der Waals surface area contributed by atoms with Gasteiger partial charge in [0, 0.05) is 30.6 Å². The van der Waals surface area contributed by atoms with Gasteiger partial charge >= 0.3 is 12.2 Å². The van der Waals surface area contributed by atoms with Crippen LogP contribution >= 0.6 is 0 Å². The van der Waals surface area contributed by atoms with Gasteiger partial charge < -0.3 is 25.0 Å². The number of benzene rings is 3. The molecule has 52 heavy (non-hydrogen) atoms. The molecule has 9 heteroatoms. The molecule has 2 aliphatic carbocycles. The summed E-state index contributed by atoms with van der Waals surface area (Å²) in [5.41, 5.74) is 5.31. The average Bonchev–Trinajstić information content (AvgIpc) is 3.12. The first-order valence-corrected chi connectivity index (χ1v) is 18.4. The van der Waals surface area contributed by atoms with Crippen molar-refractivity contribution in [3.63, 3.8) is 0 Å². The number of rotatable bonds is 10. The Bertz CT molecular complexity index is 1830. The molecule has 0 bridgehead atoms. The van der Waals surface area contributed by atoms with Crippen LogP contribution in [0.1, 0.15) is 83.3 Å². The number of nitrogens with zero attached hydrogens (tertiary/aromatic N) is 2. The number of nitrogens with one attached hydrogen (secondary N) is 2. The van der Waals surface area contributed by atoms with Crippen molar-refractivity contribution in [2.75, 3.05) is 12.4 Å². The highest BCUT2D eigenvalue weighted by molar-refractivity contribution is 5.93. The number of carbonyl (C=O) groups is 3. The summed E-state index contributed by atoms with van der Waals surface area (Å²) in [6.45, 7) is 5.85. The molecule has 0 saturated heterocycles. The maximum absolute atomic E-state index is 13.3. The van der Waals surface area contributed by atoms with Crippen molar-refractivity contribution in [3.05, 3.63) is 108 Å². The quantitative estimate of drug-likeness (QED) is 0.170. The molecule has 0 atom stereocenters. The first kappa shape index (κ1) is 36.6. The standard InChI is InChI=1S/C43H50N4O5/c1-42(2,3)52-40(49)46-43(24-11-25-43)34-20-18-33(19-21-34)39-37(32-14-9-6-10-15-32)27-35(28-44-39)45-38(48)26-30-16-22-36(23-17-30)47(4)41(50)51-29-31-12-7-5-8-13-31/h5-10,12-15,18-21,27-28,30,36H,11,16-17,22-26,29H2,1-4H3,(H,45,48)(H,46,49). The lowest BCUT2D eigenvalue weighted by Gasteiger charge is -2.43. The van der Waals surface area contributed by atoms with E-state index >= 15 is 0 Å². The molecular weight excluding hydrogens is 652 g/mol. The predicted octanol–water partition coefficient (Wildman–Crippen LogP) is 9.48. The van der Waals surface area contributed by atoms with Gasteiger partial charge in [0.05, 0.1) is 23.1 Å². The van der Waals surface area contributed by atoms with Crippen molar-refractivity contribution in [1.29, 1.82) is 0 Å². The topological polar surface area (TPSA) is 110 Å². The summed E-state index contributed by atoms with van der Waals surface area (Å²) in [4.78, 5) is 45.2. The Hall–Kier alpha value is -5.18. The average molecular weight is 703 g/mol. The monoisotopic (exact) mass is 702 g/mol. The summed E-state index contributed by atoms with van der Waals surface area (Å²) >= 11 is 0. The molecule has 0 radical (unpaired) electrons. The highest BCUT2D eigenvalue weighted by Crippen LogP contribution is 2.42. The lowest BCUT2D eigenvalue weighted by Crippen LogP contribution is -2.52. The van der Waals surface area contributed by atoms with Gasteiger partial charge in [0.15, 0.2) is 0 Å². The Labute approximate surface area is 307 Å². The first-order chi connectivity index (χ1) is 25.0. The van der Waals surface area contributed by atoms with Gasteiger partial charge in [-0.05, 0) is 94.4 Å². The fourth-order valence-corrected chi connectivity index (χ4v) is 7.24. The van der Waals surface area contributed by atoms with Crippen molar-refractivity contribution in [1.82, 2.24) is 15.2 Å². The van der Waals surface area contributed by atoms with E-state index < -0.39 is 17.2 Å². The second-order valence-corrected chi connectivity index (χ2v) is 15.2. The molecule has 2 fully saturated rings. The van der Waals surface area contributed by atoms with E-state index in [9.17, 15) is 14.4 Å². The number of carbonyl (C=O) groups excluding carboxylic acids is 3. The Morgan fingerprint density at radius 3 is 2.13 bits per heavy atom. The Morgan fingerprint density at radius 2 is 1.52 bits per heavy atom. The molecule has 2 saturated carbocycles. The summed E-state index contributed by atoms with van der Waals surface area (Å²) in [6, 6.07) is 30.1. The molecule has 9 nitrogen and oxygen atoms in total. The van der Waals surface area contributed by atoms with E-state index in [2.05, 4.69) is 34.9 Å². The minimum Gasteiger partial charge on any atom is -0.445 e. The SMILES string of the molecule is CN(C(=O)OCc1ccccc1)C1CCC(CC(=O)Nc2cnc(-c3ccc(C4(NC(=O)OC(C)(C)C)CCC4)cc3)c(-c3ccccc3)c2)CC1. The maximum Gasteiger partial charge on any atom is 0.410 e. The van der Waals surface area contributed by atoms with Gasteiger partial charge in [0.25, 0.3) is 0 Å². The summed E-state index contributed by atoms with van der Waals surface area (Å²) < 4.78 is 11.1. The minimum atomic E-state index is -0.567. The third kappa shape index (κ3) is 9.18. The van der Waals surface area contributed by atoms with Gasteiger partial charge in [-0.1, -0.05) is 84.9 Å². The highest BCUT2D eigenvalue weighted by atomic mass is 16.6. The van der Waals surface area contributed by atoms with E-state index in [0.717, 1.165) is 78.5 Å². The van der Waals surface area contributed by atoms with E-state index in [1.54, 1.807) is 18.1 Å². The molecule has 2 aliphatic rings. The van der Waals surface area contributed by atoms with Gasteiger partial charge in [0.2, 0.25) is 5.91 Å². The second-order valence-electron chi connectivity index (χ2n) is 15.2. The lowest BCUT2D eigenvalue weighted by atomic mass is 9.71. The van der Waals surface area contributed by atoms with Gasteiger partial charge in [-0.2, -0.15) is 0 Å². The van der Waals surface area contributed by atoms with Crippen molar-refractivity contribution in [3.8, 4) is 22.4 Å². The van der Waals surface area contributed by atoms with Crippen LogP contribution in [0, 0.1) is 5.92 Å². The van der Waals surface area contributed by atoms with E-state index in [4.69, 9.17) is 14.5 Å². The summed E-state index contributed by atoms with van der Waals surface area (Å²) in [5, 5.41) is 6.24. The number of alkyl carbamates (subject to hydrolysis) is 1. The minimum absolute atomic E-state index is 0.0414. The van der Waals surface area contributed by atoms with Crippen molar-refractivity contribution < 1.29 is 23.9 Å². The van der Waals surface area contributed by atoms with Crippen LogP contribution < -0.4 is 10.6 Å². The Balaban J connectivity index is 1.08. The molecule has 0 aliphatic heterocycles. The molecule has 0 spiro atoms.